The molecule has 3 aromatic heterocycles. The third-order valence-corrected chi connectivity index (χ3v) is 5.74. The highest BCUT2D eigenvalue weighted by Gasteiger charge is 2.16. The average molecular weight is 430 g/mol. The summed E-state index contributed by atoms with van der Waals surface area (Å²) in [6.07, 6.45) is 6.19. The number of pyridine rings is 1. The average Bonchev–Trinajstić information content (AvgIpc) is 3.29. The maximum atomic E-state index is 12.2. The minimum atomic E-state index is -0.316. The molecule has 1 aliphatic heterocycles. The van der Waals surface area contributed by atoms with E-state index in [1.165, 1.54) is 5.57 Å². The van der Waals surface area contributed by atoms with Crippen LogP contribution in [-0.2, 0) is 4.74 Å². The van der Waals surface area contributed by atoms with Crippen LogP contribution in [0.1, 0.15) is 12.1 Å². The number of hydrogen-bond donors (Lipinski definition) is 2. The van der Waals surface area contributed by atoms with Gasteiger partial charge in [-0.1, -0.05) is 6.08 Å². The lowest BCUT2D eigenvalue weighted by atomic mass is 10.0. The van der Waals surface area contributed by atoms with E-state index < -0.39 is 0 Å². The number of carbonyl (C=O) groups excluding carboxylic acids is 1. The number of thiophene rings is 1. The highest BCUT2D eigenvalue weighted by molar-refractivity contribution is 7.16. The van der Waals surface area contributed by atoms with E-state index in [9.17, 15) is 4.79 Å². The van der Waals surface area contributed by atoms with Gasteiger partial charge in [0.15, 0.2) is 5.82 Å². The Hall–Kier alpha value is -3.62. The van der Waals surface area contributed by atoms with Crippen LogP contribution in [0.3, 0.4) is 0 Å². The molecule has 0 radical (unpaired) electrons. The minimum absolute atomic E-state index is 0.316. The SMILES string of the molecule is O=C(Nc1ccncc1)Nc1ccc(-c2nc(C3=CCOCC3)c3ccsc3n2)cc1. The molecule has 7 nitrogen and oxygen atoms in total. The minimum Gasteiger partial charge on any atom is -0.377 e. The van der Waals surface area contributed by atoms with E-state index in [2.05, 4.69) is 27.8 Å². The molecule has 154 valence electrons. The molecule has 5 rings (SSSR count). The molecule has 0 spiro atoms. The van der Waals surface area contributed by atoms with Crippen molar-refractivity contribution < 1.29 is 9.53 Å². The molecule has 1 aliphatic rings. The van der Waals surface area contributed by atoms with Crippen LogP contribution in [0.25, 0.3) is 27.2 Å². The first-order valence-corrected chi connectivity index (χ1v) is 10.7. The van der Waals surface area contributed by atoms with Crippen LogP contribution in [0.15, 0.2) is 66.3 Å². The summed E-state index contributed by atoms with van der Waals surface area (Å²) >= 11 is 1.61. The van der Waals surface area contributed by atoms with Crippen LogP contribution >= 0.6 is 11.3 Å². The lowest BCUT2D eigenvalue weighted by Gasteiger charge is -2.14. The Morgan fingerprint density at radius 3 is 2.48 bits per heavy atom. The molecule has 0 fully saturated rings. The van der Waals surface area contributed by atoms with Crippen LogP contribution in [0.4, 0.5) is 16.2 Å². The summed E-state index contributed by atoms with van der Waals surface area (Å²) in [5, 5.41) is 8.71. The number of nitrogens with one attached hydrogen (secondary N) is 2. The van der Waals surface area contributed by atoms with Crippen LogP contribution in [0.5, 0.6) is 0 Å². The highest BCUT2D eigenvalue weighted by atomic mass is 32.1. The van der Waals surface area contributed by atoms with Crippen molar-refractivity contribution in [3.63, 3.8) is 0 Å². The molecule has 0 saturated heterocycles. The Bertz CT molecular complexity index is 1250. The standard InChI is InChI=1S/C23H19N5O2S/c29-23(26-18-5-10-24-11-6-18)25-17-3-1-16(2-4-17)21-27-20(15-7-12-30-13-8-15)19-9-14-31-22(19)28-21/h1-7,9-11,14H,8,12-13H2,(H2,24,25,26,29). The lowest BCUT2D eigenvalue weighted by Crippen LogP contribution is -2.19. The first-order chi connectivity index (χ1) is 15.3. The molecule has 0 atom stereocenters. The molecular weight excluding hydrogens is 410 g/mol. The number of urea groups is 1. The Balaban J connectivity index is 1.38. The second-order valence-corrected chi connectivity index (χ2v) is 7.88. The van der Waals surface area contributed by atoms with Gasteiger partial charge >= 0.3 is 6.03 Å². The van der Waals surface area contributed by atoms with Crippen LogP contribution < -0.4 is 10.6 Å². The smallest absolute Gasteiger partial charge is 0.323 e. The number of fused-ring (bicyclic) bond motifs is 1. The molecule has 1 aromatic carbocycles. The molecular formula is C23H19N5O2S. The third kappa shape index (κ3) is 4.30. The summed E-state index contributed by atoms with van der Waals surface area (Å²) in [6.45, 7) is 1.32. The number of aromatic nitrogens is 3. The van der Waals surface area contributed by atoms with Crippen molar-refractivity contribution in [3.05, 3.63) is 72.0 Å². The first-order valence-electron chi connectivity index (χ1n) is 9.87. The second kappa shape index (κ2) is 8.63. The van der Waals surface area contributed by atoms with Gasteiger partial charge in [0.25, 0.3) is 0 Å². The van der Waals surface area contributed by atoms with Gasteiger partial charge in [0.05, 0.1) is 18.9 Å². The first kappa shape index (κ1) is 19.3. The van der Waals surface area contributed by atoms with Gasteiger partial charge in [-0.2, -0.15) is 0 Å². The largest absolute Gasteiger partial charge is 0.377 e. The zero-order valence-electron chi connectivity index (χ0n) is 16.5. The van der Waals surface area contributed by atoms with Crippen molar-refractivity contribution in [2.45, 2.75) is 6.42 Å². The maximum absolute atomic E-state index is 12.2. The molecule has 2 amide bonds. The van der Waals surface area contributed by atoms with Crippen molar-refractivity contribution >= 4 is 44.5 Å². The number of anilines is 2. The Kier molecular flexibility index (Phi) is 5.39. The fourth-order valence-electron chi connectivity index (χ4n) is 3.40. The van der Waals surface area contributed by atoms with Gasteiger partial charge < -0.3 is 15.4 Å². The maximum Gasteiger partial charge on any atom is 0.323 e. The molecule has 0 saturated carbocycles. The number of nitrogens with zero attached hydrogens (tertiary/aromatic N) is 3. The number of carbonyl (C=O) groups is 1. The molecule has 8 heteroatoms. The number of rotatable bonds is 4. The van der Waals surface area contributed by atoms with Gasteiger partial charge in [-0.3, -0.25) is 4.98 Å². The van der Waals surface area contributed by atoms with Gasteiger partial charge in [-0.15, -0.1) is 11.3 Å². The zero-order valence-corrected chi connectivity index (χ0v) is 17.4. The van der Waals surface area contributed by atoms with Crippen molar-refractivity contribution in [2.75, 3.05) is 23.8 Å². The van der Waals surface area contributed by atoms with Gasteiger partial charge in [0.1, 0.15) is 4.83 Å². The Labute approximate surface area is 182 Å². The quantitative estimate of drug-likeness (QED) is 0.465. The number of amides is 2. The molecule has 31 heavy (non-hydrogen) atoms. The zero-order chi connectivity index (χ0) is 21.0. The summed E-state index contributed by atoms with van der Waals surface area (Å²) < 4.78 is 5.45. The number of hydrogen-bond acceptors (Lipinski definition) is 6. The highest BCUT2D eigenvalue weighted by Crippen LogP contribution is 2.31. The van der Waals surface area contributed by atoms with Crippen molar-refractivity contribution in [1.82, 2.24) is 15.0 Å². The van der Waals surface area contributed by atoms with Crippen LogP contribution in [0, 0.1) is 0 Å². The van der Waals surface area contributed by atoms with E-state index in [1.54, 1.807) is 35.9 Å². The summed E-state index contributed by atoms with van der Waals surface area (Å²) in [5.74, 6) is 0.671. The summed E-state index contributed by atoms with van der Waals surface area (Å²) in [4.78, 5) is 26.7. The van der Waals surface area contributed by atoms with E-state index in [0.29, 0.717) is 30.4 Å². The lowest BCUT2D eigenvalue weighted by molar-refractivity contribution is 0.161. The Morgan fingerprint density at radius 1 is 0.968 bits per heavy atom. The third-order valence-electron chi connectivity index (χ3n) is 4.93. The molecule has 0 unspecified atom stereocenters. The topological polar surface area (TPSA) is 89.0 Å². The van der Waals surface area contributed by atoms with Gasteiger partial charge in [0, 0.05) is 34.7 Å². The molecule has 0 bridgehead atoms. The second-order valence-electron chi connectivity index (χ2n) is 6.98. The van der Waals surface area contributed by atoms with Gasteiger partial charge in [-0.25, -0.2) is 14.8 Å². The van der Waals surface area contributed by atoms with Crippen molar-refractivity contribution in [3.8, 4) is 11.4 Å². The monoisotopic (exact) mass is 429 g/mol. The fraction of sp³-hybridized carbons (Fsp3) is 0.130. The van der Waals surface area contributed by atoms with Gasteiger partial charge in [0.2, 0.25) is 0 Å². The molecule has 0 aliphatic carbocycles. The molecule has 4 heterocycles. The predicted molar refractivity (Wildman–Crippen MR) is 123 cm³/mol. The number of benzene rings is 1. The fourth-order valence-corrected chi connectivity index (χ4v) is 4.17. The Morgan fingerprint density at radius 2 is 1.74 bits per heavy atom. The normalized spacial score (nSPS) is 13.6. The van der Waals surface area contributed by atoms with Crippen LogP contribution in [0.2, 0.25) is 0 Å². The predicted octanol–water partition coefficient (Wildman–Crippen LogP) is 5.20. The van der Waals surface area contributed by atoms with Crippen molar-refractivity contribution in [1.29, 1.82) is 0 Å². The van der Waals surface area contributed by atoms with E-state index in [-0.39, 0.29) is 6.03 Å². The van der Waals surface area contributed by atoms with E-state index in [0.717, 1.165) is 27.9 Å². The molecule has 4 aromatic rings. The molecule has 2 N–H and O–H groups in total. The van der Waals surface area contributed by atoms with E-state index >= 15 is 0 Å². The summed E-state index contributed by atoms with van der Waals surface area (Å²) in [5.41, 5.74) is 4.42. The van der Waals surface area contributed by atoms with Crippen molar-refractivity contribution in [2.24, 2.45) is 0 Å². The number of ether oxygens (including phenoxy) is 1. The van der Waals surface area contributed by atoms with Gasteiger partial charge in [-0.05, 0) is 59.8 Å². The summed E-state index contributed by atoms with van der Waals surface area (Å²) in [7, 11) is 0. The summed E-state index contributed by atoms with van der Waals surface area (Å²) in [6, 6.07) is 12.7. The van der Waals surface area contributed by atoms with E-state index in [4.69, 9.17) is 14.7 Å². The van der Waals surface area contributed by atoms with Crippen LogP contribution in [-0.4, -0.2) is 34.2 Å². The van der Waals surface area contributed by atoms with E-state index in [1.807, 2.05) is 29.6 Å².